The van der Waals surface area contributed by atoms with Crippen LogP contribution in [0.3, 0.4) is 0 Å². The first kappa shape index (κ1) is 9.03. The molecule has 1 fully saturated rings. The molecule has 0 aromatic rings. The molecule has 1 aliphatic rings. The number of Topliss-reactive ketones (excluding diaryl/α,β-unsaturated/α-hetero) is 1. The molecule has 0 saturated heterocycles. The molecule has 12 heavy (non-hydrogen) atoms. The van der Waals surface area contributed by atoms with E-state index in [2.05, 4.69) is 0 Å². The second-order valence-electron chi connectivity index (χ2n) is 3.16. The zero-order valence-electron chi connectivity index (χ0n) is 7.12. The molecule has 1 N–H and O–H groups in total. The number of hydrogen-bond acceptors (Lipinski definition) is 2. The highest BCUT2D eigenvalue weighted by Gasteiger charge is 2.24. The second kappa shape index (κ2) is 3.56. The summed E-state index contributed by atoms with van der Waals surface area (Å²) in [5.41, 5.74) is 0. The molecule has 1 amide bonds. The molecule has 1 saturated carbocycles. The van der Waals surface area contributed by atoms with Crippen LogP contribution in [0, 0.1) is 0 Å². The quantitative estimate of drug-likeness (QED) is 0.642. The average molecular weight is 171 g/mol. The summed E-state index contributed by atoms with van der Waals surface area (Å²) in [6, 6.07) is 0.0419. The molecule has 0 aromatic heterocycles. The number of rotatable bonds is 1. The second-order valence-corrected chi connectivity index (χ2v) is 3.16. The number of hydrogen-bond donors (Lipinski definition) is 1. The standard InChI is InChI=1S/C8H13NO3/c1-9(8(11)12)6-2-4-7(10)5-3-6/h6H,2-5H2,1H3,(H,11,12). The molecular weight excluding hydrogens is 158 g/mol. The SMILES string of the molecule is CN(C(=O)O)C1CCC(=O)CC1. The summed E-state index contributed by atoms with van der Waals surface area (Å²) in [4.78, 5) is 22.7. The topological polar surface area (TPSA) is 57.6 Å². The Morgan fingerprint density at radius 1 is 1.50 bits per heavy atom. The number of amides is 1. The predicted molar refractivity (Wildman–Crippen MR) is 43.1 cm³/mol. The lowest BCUT2D eigenvalue weighted by atomic mass is 9.94. The van der Waals surface area contributed by atoms with Crippen molar-refractivity contribution in [2.24, 2.45) is 0 Å². The molecule has 0 aliphatic heterocycles. The Labute approximate surface area is 71.2 Å². The molecule has 0 radical (unpaired) electrons. The summed E-state index contributed by atoms with van der Waals surface area (Å²) in [6.07, 6.45) is 1.52. The number of carboxylic acid groups (broad SMARTS) is 1. The lowest BCUT2D eigenvalue weighted by Crippen LogP contribution is -2.38. The smallest absolute Gasteiger partial charge is 0.407 e. The van der Waals surface area contributed by atoms with E-state index in [1.54, 1.807) is 7.05 Å². The Kier molecular flexibility index (Phi) is 2.68. The van der Waals surface area contributed by atoms with Crippen LogP contribution in [0.1, 0.15) is 25.7 Å². The van der Waals surface area contributed by atoms with Crippen LogP contribution in [0.15, 0.2) is 0 Å². The summed E-state index contributed by atoms with van der Waals surface area (Å²) in [7, 11) is 1.56. The fourth-order valence-corrected chi connectivity index (χ4v) is 1.47. The van der Waals surface area contributed by atoms with Crippen LogP contribution in [0.5, 0.6) is 0 Å². The van der Waals surface area contributed by atoms with Crippen molar-refractivity contribution in [3.8, 4) is 0 Å². The Morgan fingerprint density at radius 2 is 2.00 bits per heavy atom. The van der Waals surface area contributed by atoms with Crippen molar-refractivity contribution >= 4 is 11.9 Å². The van der Waals surface area contributed by atoms with Crippen molar-refractivity contribution in [1.82, 2.24) is 4.90 Å². The third-order valence-electron chi connectivity index (χ3n) is 2.36. The molecule has 1 aliphatic carbocycles. The van der Waals surface area contributed by atoms with Gasteiger partial charge in [-0.15, -0.1) is 0 Å². The van der Waals surface area contributed by atoms with E-state index < -0.39 is 6.09 Å². The molecule has 0 bridgehead atoms. The van der Waals surface area contributed by atoms with Crippen molar-refractivity contribution in [1.29, 1.82) is 0 Å². The summed E-state index contributed by atoms with van der Waals surface area (Å²) < 4.78 is 0. The Hall–Kier alpha value is -1.06. The zero-order chi connectivity index (χ0) is 9.14. The van der Waals surface area contributed by atoms with Crippen molar-refractivity contribution < 1.29 is 14.7 Å². The van der Waals surface area contributed by atoms with Crippen LogP contribution in [-0.2, 0) is 4.79 Å². The van der Waals surface area contributed by atoms with Gasteiger partial charge in [-0.3, -0.25) is 4.79 Å². The summed E-state index contributed by atoms with van der Waals surface area (Å²) in [5.74, 6) is 0.255. The van der Waals surface area contributed by atoms with E-state index in [-0.39, 0.29) is 11.8 Å². The predicted octanol–water partition coefficient (Wildman–Crippen LogP) is 1.11. The maximum Gasteiger partial charge on any atom is 0.407 e. The van der Waals surface area contributed by atoms with Crippen LogP contribution < -0.4 is 0 Å². The van der Waals surface area contributed by atoms with E-state index in [4.69, 9.17) is 5.11 Å². The van der Waals surface area contributed by atoms with Gasteiger partial charge in [0.05, 0.1) is 0 Å². The van der Waals surface area contributed by atoms with Gasteiger partial charge in [0.2, 0.25) is 0 Å². The van der Waals surface area contributed by atoms with E-state index in [0.29, 0.717) is 25.7 Å². The van der Waals surface area contributed by atoms with Crippen LogP contribution in [0.4, 0.5) is 4.79 Å². The highest BCUT2D eigenvalue weighted by molar-refractivity contribution is 5.79. The van der Waals surface area contributed by atoms with Gasteiger partial charge in [0, 0.05) is 25.9 Å². The molecule has 0 heterocycles. The molecule has 0 unspecified atom stereocenters. The van der Waals surface area contributed by atoms with E-state index in [9.17, 15) is 9.59 Å². The first-order chi connectivity index (χ1) is 5.61. The number of nitrogens with zero attached hydrogens (tertiary/aromatic N) is 1. The van der Waals surface area contributed by atoms with E-state index in [0.717, 1.165) is 0 Å². The molecule has 0 atom stereocenters. The van der Waals surface area contributed by atoms with Crippen molar-refractivity contribution in [2.45, 2.75) is 31.7 Å². The summed E-state index contributed by atoms with van der Waals surface area (Å²) in [6.45, 7) is 0. The number of carbonyl (C=O) groups excluding carboxylic acids is 1. The molecule has 4 nitrogen and oxygen atoms in total. The average Bonchev–Trinajstić information content (AvgIpc) is 2.04. The van der Waals surface area contributed by atoms with Gasteiger partial charge >= 0.3 is 6.09 Å². The highest BCUT2D eigenvalue weighted by Crippen LogP contribution is 2.19. The highest BCUT2D eigenvalue weighted by atomic mass is 16.4. The zero-order valence-corrected chi connectivity index (χ0v) is 7.12. The van der Waals surface area contributed by atoms with Crippen LogP contribution >= 0.6 is 0 Å². The number of carbonyl (C=O) groups is 2. The van der Waals surface area contributed by atoms with Gasteiger partial charge in [-0.05, 0) is 12.8 Å². The lowest BCUT2D eigenvalue weighted by molar-refractivity contribution is -0.121. The third-order valence-corrected chi connectivity index (χ3v) is 2.36. The van der Waals surface area contributed by atoms with Crippen molar-refractivity contribution in [2.75, 3.05) is 7.05 Å². The van der Waals surface area contributed by atoms with E-state index >= 15 is 0 Å². The minimum absolute atomic E-state index is 0.0419. The fraction of sp³-hybridized carbons (Fsp3) is 0.750. The molecular formula is C8H13NO3. The van der Waals surface area contributed by atoms with Crippen molar-refractivity contribution in [3.63, 3.8) is 0 Å². The van der Waals surface area contributed by atoms with Gasteiger partial charge in [0.25, 0.3) is 0 Å². The molecule has 0 spiro atoms. The van der Waals surface area contributed by atoms with Crippen LogP contribution in [-0.4, -0.2) is 35.0 Å². The van der Waals surface area contributed by atoms with Crippen molar-refractivity contribution in [3.05, 3.63) is 0 Å². The Morgan fingerprint density at radius 3 is 2.42 bits per heavy atom. The fourth-order valence-electron chi connectivity index (χ4n) is 1.47. The third kappa shape index (κ3) is 1.96. The monoisotopic (exact) mass is 171 g/mol. The molecule has 1 rings (SSSR count). The summed E-state index contributed by atoms with van der Waals surface area (Å²) in [5, 5.41) is 8.64. The largest absolute Gasteiger partial charge is 0.465 e. The molecule has 68 valence electrons. The minimum atomic E-state index is -0.908. The maximum atomic E-state index is 10.8. The normalized spacial score (nSPS) is 19.2. The lowest BCUT2D eigenvalue weighted by Gasteiger charge is -2.28. The maximum absolute atomic E-state index is 10.8. The summed E-state index contributed by atoms with van der Waals surface area (Å²) >= 11 is 0. The first-order valence-corrected chi connectivity index (χ1v) is 4.08. The Bertz CT molecular complexity index is 192. The first-order valence-electron chi connectivity index (χ1n) is 4.08. The van der Waals surface area contributed by atoms with Crippen LogP contribution in [0.2, 0.25) is 0 Å². The van der Waals surface area contributed by atoms with E-state index in [1.165, 1.54) is 4.90 Å². The van der Waals surface area contributed by atoms with E-state index in [1.807, 2.05) is 0 Å². The van der Waals surface area contributed by atoms with Gasteiger partial charge in [-0.25, -0.2) is 4.79 Å². The van der Waals surface area contributed by atoms with Gasteiger partial charge in [-0.1, -0.05) is 0 Å². The molecule has 0 aromatic carbocycles. The van der Waals surface area contributed by atoms with Gasteiger partial charge in [0.15, 0.2) is 0 Å². The molecule has 4 heteroatoms. The minimum Gasteiger partial charge on any atom is -0.465 e. The number of ketones is 1. The van der Waals surface area contributed by atoms with Gasteiger partial charge in [-0.2, -0.15) is 0 Å². The van der Waals surface area contributed by atoms with Crippen LogP contribution in [0.25, 0.3) is 0 Å². The van der Waals surface area contributed by atoms with Gasteiger partial charge in [0.1, 0.15) is 5.78 Å². The Balaban J connectivity index is 2.44. The van der Waals surface area contributed by atoms with Gasteiger partial charge < -0.3 is 10.0 Å².